The Balaban J connectivity index is 1.58. The average molecular weight is 557 g/mol. The second kappa shape index (κ2) is 9.74. The van der Waals surface area contributed by atoms with E-state index in [0.29, 0.717) is 35.2 Å². The first-order chi connectivity index (χ1) is 19.8. The molecular formula is C33H34F2N4O2. The van der Waals surface area contributed by atoms with Crippen LogP contribution >= 0.6 is 0 Å². The lowest BCUT2D eigenvalue weighted by atomic mass is 9.86. The number of halogens is 2. The van der Waals surface area contributed by atoms with Crippen molar-refractivity contribution < 1.29 is 18.6 Å². The molecule has 8 heteroatoms. The van der Waals surface area contributed by atoms with Gasteiger partial charge in [0.05, 0.1) is 45.9 Å². The van der Waals surface area contributed by atoms with Crippen molar-refractivity contribution in [1.29, 1.82) is 0 Å². The van der Waals surface area contributed by atoms with Crippen LogP contribution in [-0.2, 0) is 17.4 Å². The van der Waals surface area contributed by atoms with Crippen LogP contribution in [0.4, 0.5) is 8.78 Å². The number of hydrogen-bond donors (Lipinski definition) is 1. The summed E-state index contributed by atoms with van der Waals surface area (Å²) in [6.07, 6.45) is 6.73. The first kappa shape index (κ1) is 26.3. The second-order valence-electron chi connectivity index (χ2n) is 11.9. The van der Waals surface area contributed by atoms with Gasteiger partial charge in [0.1, 0.15) is 5.82 Å². The molecule has 1 saturated carbocycles. The second-order valence-corrected chi connectivity index (χ2v) is 11.9. The summed E-state index contributed by atoms with van der Waals surface area (Å²) in [6, 6.07) is 11.9. The molecule has 0 radical (unpaired) electrons. The molecule has 7 rings (SSSR count). The molecule has 6 nitrogen and oxygen atoms in total. The number of ether oxygens (including phenoxy) is 1. The molecule has 1 saturated heterocycles. The highest BCUT2D eigenvalue weighted by molar-refractivity contribution is 6.07. The van der Waals surface area contributed by atoms with Crippen molar-refractivity contribution in [2.45, 2.75) is 51.2 Å². The zero-order valence-corrected chi connectivity index (χ0v) is 23.6. The van der Waals surface area contributed by atoms with Crippen LogP contribution < -0.4 is 0 Å². The van der Waals surface area contributed by atoms with Crippen LogP contribution in [0.15, 0.2) is 55.0 Å². The molecular weight excluding hydrogens is 522 g/mol. The Morgan fingerprint density at radius 1 is 1.05 bits per heavy atom. The average Bonchev–Trinajstić information content (AvgIpc) is 3.72. The number of hydrogen-bond acceptors (Lipinski definition) is 4. The van der Waals surface area contributed by atoms with E-state index in [-0.39, 0.29) is 23.2 Å². The Morgan fingerprint density at radius 2 is 1.80 bits per heavy atom. The summed E-state index contributed by atoms with van der Waals surface area (Å²) in [6.45, 7) is 4.78. The maximum Gasteiger partial charge on any atom is 0.153 e. The highest BCUT2D eigenvalue weighted by Crippen LogP contribution is 2.49. The van der Waals surface area contributed by atoms with Gasteiger partial charge in [-0.25, -0.2) is 13.8 Å². The fourth-order valence-electron chi connectivity index (χ4n) is 6.94. The zero-order valence-electron chi connectivity index (χ0n) is 23.6. The van der Waals surface area contributed by atoms with Crippen LogP contribution in [0.1, 0.15) is 55.5 Å². The smallest absolute Gasteiger partial charge is 0.153 e. The van der Waals surface area contributed by atoms with Crippen LogP contribution in [0.2, 0.25) is 0 Å². The molecule has 0 amide bonds. The van der Waals surface area contributed by atoms with Crippen molar-refractivity contribution >= 4 is 21.9 Å². The van der Waals surface area contributed by atoms with Gasteiger partial charge in [0.25, 0.3) is 0 Å². The zero-order chi connectivity index (χ0) is 28.5. The van der Waals surface area contributed by atoms with Crippen LogP contribution in [0, 0.1) is 30.4 Å². The summed E-state index contributed by atoms with van der Waals surface area (Å²) in [5.41, 5.74) is 3.85. The number of nitrogens with zero attached hydrogens (tertiary/aromatic N) is 4. The summed E-state index contributed by atoms with van der Waals surface area (Å²) < 4.78 is 42.2. The fourth-order valence-corrected chi connectivity index (χ4v) is 6.94. The SMILES string of the molecule is Cc1ncn(C)c1-c1cnc2c3ccc(C(C)(O)C4CC4)c(F)c3n([C@H](c3ccccc3F)C3CCOCC3)c2c1. The minimum Gasteiger partial charge on any atom is -0.385 e. The molecule has 1 aliphatic carbocycles. The number of aliphatic hydroxyl groups is 1. The van der Waals surface area contributed by atoms with Crippen molar-refractivity contribution in [3.8, 4) is 11.3 Å². The fraction of sp³-hybridized carbons (Fsp3) is 0.394. The maximum absolute atomic E-state index is 17.0. The van der Waals surface area contributed by atoms with Gasteiger partial charge in [-0.2, -0.15) is 0 Å². The molecule has 2 aromatic carbocycles. The molecule has 2 fully saturated rings. The van der Waals surface area contributed by atoms with Gasteiger partial charge >= 0.3 is 0 Å². The Hall–Kier alpha value is -3.62. The van der Waals surface area contributed by atoms with Gasteiger partial charge in [0.2, 0.25) is 0 Å². The van der Waals surface area contributed by atoms with Gasteiger partial charge in [-0.05, 0) is 63.5 Å². The van der Waals surface area contributed by atoms with E-state index >= 15 is 8.78 Å². The van der Waals surface area contributed by atoms with Crippen molar-refractivity contribution in [2.75, 3.05) is 13.2 Å². The van der Waals surface area contributed by atoms with E-state index in [1.807, 2.05) is 41.3 Å². The highest BCUT2D eigenvalue weighted by atomic mass is 19.1. The number of imidazole rings is 1. The Morgan fingerprint density at radius 3 is 2.49 bits per heavy atom. The minimum absolute atomic E-state index is 0.00791. The lowest BCUT2D eigenvalue weighted by Crippen LogP contribution is -2.28. The Bertz CT molecular complexity index is 1760. The largest absolute Gasteiger partial charge is 0.385 e. The topological polar surface area (TPSA) is 65.1 Å². The summed E-state index contributed by atoms with van der Waals surface area (Å²) in [5.74, 6) is -0.771. The number of fused-ring (bicyclic) bond motifs is 3. The van der Waals surface area contributed by atoms with Crippen molar-refractivity contribution in [2.24, 2.45) is 18.9 Å². The lowest BCUT2D eigenvalue weighted by molar-refractivity contribution is 0.0297. The minimum atomic E-state index is -1.30. The predicted octanol–water partition coefficient (Wildman–Crippen LogP) is 6.81. The number of rotatable bonds is 6. The lowest BCUT2D eigenvalue weighted by Gasteiger charge is -2.33. The van der Waals surface area contributed by atoms with Crippen LogP contribution in [0.3, 0.4) is 0 Å². The summed E-state index contributed by atoms with van der Waals surface area (Å²) in [5, 5.41) is 12.1. The molecule has 4 heterocycles. The number of benzene rings is 2. The summed E-state index contributed by atoms with van der Waals surface area (Å²) >= 11 is 0. The first-order valence-corrected chi connectivity index (χ1v) is 14.4. The predicted molar refractivity (Wildman–Crippen MR) is 155 cm³/mol. The van der Waals surface area contributed by atoms with E-state index < -0.39 is 17.5 Å². The van der Waals surface area contributed by atoms with Crippen molar-refractivity contribution in [3.63, 3.8) is 0 Å². The van der Waals surface area contributed by atoms with Gasteiger partial charge in [-0.3, -0.25) is 4.98 Å². The van der Waals surface area contributed by atoms with Gasteiger partial charge in [0.15, 0.2) is 5.82 Å². The molecule has 3 aromatic heterocycles. The Labute approximate surface area is 237 Å². The number of aryl methyl sites for hydroxylation is 2. The molecule has 41 heavy (non-hydrogen) atoms. The summed E-state index contributed by atoms with van der Waals surface area (Å²) in [4.78, 5) is 9.34. The third-order valence-corrected chi connectivity index (χ3v) is 9.26. The molecule has 2 atom stereocenters. The van der Waals surface area contributed by atoms with E-state index in [2.05, 4.69) is 4.98 Å². The molecule has 2 aliphatic rings. The van der Waals surface area contributed by atoms with E-state index in [4.69, 9.17) is 9.72 Å². The molecule has 0 spiro atoms. The molecule has 1 aliphatic heterocycles. The van der Waals surface area contributed by atoms with E-state index in [1.54, 1.807) is 37.6 Å². The first-order valence-electron chi connectivity index (χ1n) is 14.4. The van der Waals surface area contributed by atoms with Gasteiger partial charge < -0.3 is 19.0 Å². The molecule has 0 bridgehead atoms. The van der Waals surface area contributed by atoms with Crippen molar-refractivity contribution in [3.05, 3.63) is 83.4 Å². The molecule has 1 N–H and O–H groups in total. The normalized spacial score (nSPS) is 18.7. The van der Waals surface area contributed by atoms with Gasteiger partial charge in [-0.15, -0.1) is 0 Å². The van der Waals surface area contributed by atoms with E-state index in [1.165, 1.54) is 6.07 Å². The highest BCUT2D eigenvalue weighted by Gasteiger charge is 2.44. The summed E-state index contributed by atoms with van der Waals surface area (Å²) in [7, 11) is 1.94. The third kappa shape index (κ3) is 4.18. The van der Waals surface area contributed by atoms with E-state index in [0.717, 1.165) is 48.2 Å². The Kier molecular flexibility index (Phi) is 6.24. The van der Waals surface area contributed by atoms with Crippen LogP contribution in [0.5, 0.6) is 0 Å². The standard InChI is InChI=1S/C33H34F2N4O2/c1-19-30(38(3)18-37-19)21-16-27-29(36-17-21)24-10-11-25(33(2,40)22-8-9-22)28(35)32(24)39(27)31(20-12-14-41-15-13-20)23-6-4-5-7-26(23)34/h4-7,10-11,16-18,20,22,31,40H,8-9,12-15H2,1-3H3/t31-,33?/m0/s1. The quantitative estimate of drug-likeness (QED) is 0.250. The van der Waals surface area contributed by atoms with Crippen LogP contribution in [0.25, 0.3) is 33.2 Å². The van der Waals surface area contributed by atoms with Gasteiger partial charge in [0, 0.05) is 48.5 Å². The monoisotopic (exact) mass is 556 g/mol. The molecule has 1 unspecified atom stereocenters. The maximum atomic E-state index is 17.0. The number of aromatic nitrogens is 4. The van der Waals surface area contributed by atoms with Gasteiger partial charge in [-0.1, -0.05) is 30.3 Å². The van der Waals surface area contributed by atoms with Crippen molar-refractivity contribution in [1.82, 2.24) is 19.1 Å². The molecule has 212 valence electrons. The van der Waals surface area contributed by atoms with E-state index in [9.17, 15) is 5.11 Å². The van der Waals surface area contributed by atoms with Crippen LogP contribution in [-0.4, -0.2) is 37.4 Å². The number of pyridine rings is 1. The molecule has 5 aromatic rings. The third-order valence-electron chi connectivity index (χ3n) is 9.26.